The number of amides is 1. The molecule has 0 aliphatic heterocycles. The molecule has 0 radical (unpaired) electrons. The molecule has 1 aromatic rings. The number of hydrogen-bond acceptors (Lipinski definition) is 3. The first kappa shape index (κ1) is 17.1. The predicted molar refractivity (Wildman–Crippen MR) is 82.0 cm³/mol. The zero-order valence-corrected chi connectivity index (χ0v) is 12.9. The summed E-state index contributed by atoms with van der Waals surface area (Å²) in [6, 6.07) is 2.06. The van der Waals surface area contributed by atoms with Crippen molar-refractivity contribution in [1.29, 1.82) is 0 Å². The van der Waals surface area contributed by atoms with Crippen LogP contribution in [0.1, 0.15) is 61.6 Å². The van der Waals surface area contributed by atoms with Crippen molar-refractivity contribution in [2.24, 2.45) is 11.7 Å². The number of nitrogens with two attached hydrogens (primary N) is 1. The summed E-state index contributed by atoms with van der Waals surface area (Å²) in [5.41, 5.74) is 6.06. The largest absolute Gasteiger partial charge is 0.467 e. The van der Waals surface area contributed by atoms with Crippen LogP contribution in [0.3, 0.4) is 0 Å². The summed E-state index contributed by atoms with van der Waals surface area (Å²) in [4.78, 5) is 12.1. The van der Waals surface area contributed by atoms with Crippen molar-refractivity contribution in [2.75, 3.05) is 0 Å². The van der Waals surface area contributed by atoms with Crippen LogP contribution in [0.2, 0.25) is 0 Å². The van der Waals surface area contributed by atoms with Gasteiger partial charge in [-0.15, -0.1) is 12.4 Å². The van der Waals surface area contributed by atoms with Gasteiger partial charge in [-0.05, 0) is 31.2 Å². The van der Waals surface area contributed by atoms with Crippen molar-refractivity contribution in [3.8, 4) is 0 Å². The maximum absolute atomic E-state index is 12.1. The van der Waals surface area contributed by atoms with Gasteiger partial charge in [-0.1, -0.05) is 26.2 Å². The molecular weight excluding hydrogens is 276 g/mol. The van der Waals surface area contributed by atoms with E-state index in [0.29, 0.717) is 29.8 Å². The van der Waals surface area contributed by atoms with Crippen LogP contribution in [-0.2, 0) is 6.54 Å². The zero-order valence-electron chi connectivity index (χ0n) is 12.1. The first-order valence-electron chi connectivity index (χ1n) is 7.33. The van der Waals surface area contributed by atoms with E-state index in [4.69, 9.17) is 10.2 Å². The molecule has 0 spiro atoms. The molecule has 20 heavy (non-hydrogen) atoms. The number of carbonyl (C=O) groups excluding carboxylic acids is 1. The van der Waals surface area contributed by atoms with Crippen LogP contribution in [0.15, 0.2) is 16.7 Å². The van der Waals surface area contributed by atoms with Gasteiger partial charge in [0.1, 0.15) is 12.0 Å². The fourth-order valence-electron chi connectivity index (χ4n) is 2.90. The fraction of sp³-hybridized carbons (Fsp3) is 0.667. The molecule has 1 saturated carbocycles. The third kappa shape index (κ3) is 4.25. The zero-order chi connectivity index (χ0) is 13.7. The Hall–Kier alpha value is -1.00. The maximum Gasteiger partial charge on any atom is 0.254 e. The average molecular weight is 301 g/mol. The maximum atomic E-state index is 12.1. The van der Waals surface area contributed by atoms with Crippen molar-refractivity contribution < 1.29 is 9.21 Å². The topological polar surface area (TPSA) is 68.3 Å². The summed E-state index contributed by atoms with van der Waals surface area (Å²) in [6.45, 7) is 2.54. The molecule has 1 aromatic heterocycles. The van der Waals surface area contributed by atoms with Gasteiger partial charge >= 0.3 is 0 Å². The van der Waals surface area contributed by atoms with Crippen molar-refractivity contribution in [3.63, 3.8) is 0 Å². The molecule has 2 unspecified atom stereocenters. The molecule has 1 heterocycles. The Morgan fingerprint density at radius 3 is 2.95 bits per heavy atom. The highest BCUT2D eigenvalue weighted by Gasteiger charge is 2.28. The number of hydrogen-bond donors (Lipinski definition) is 2. The van der Waals surface area contributed by atoms with E-state index >= 15 is 0 Å². The Balaban J connectivity index is 0.00000200. The Bertz CT molecular complexity index is 420. The SMILES string of the molecule is CCCCC1CCCC1NC(=O)c1coc(CN)c1.Cl. The van der Waals surface area contributed by atoms with Crippen LogP contribution in [-0.4, -0.2) is 11.9 Å². The normalized spacial score (nSPS) is 21.5. The first-order chi connectivity index (χ1) is 9.24. The van der Waals surface area contributed by atoms with E-state index in [1.807, 2.05) is 0 Å². The van der Waals surface area contributed by atoms with E-state index in [2.05, 4.69) is 12.2 Å². The van der Waals surface area contributed by atoms with Gasteiger partial charge < -0.3 is 15.5 Å². The summed E-state index contributed by atoms with van der Waals surface area (Å²) >= 11 is 0. The third-order valence-corrected chi connectivity index (χ3v) is 4.02. The Kier molecular flexibility index (Phi) is 7.10. The van der Waals surface area contributed by atoms with Crippen LogP contribution in [0.4, 0.5) is 0 Å². The van der Waals surface area contributed by atoms with Crippen LogP contribution < -0.4 is 11.1 Å². The number of halogens is 1. The van der Waals surface area contributed by atoms with Gasteiger partial charge in [0.15, 0.2) is 0 Å². The summed E-state index contributed by atoms with van der Waals surface area (Å²) in [7, 11) is 0. The quantitative estimate of drug-likeness (QED) is 0.847. The molecule has 114 valence electrons. The lowest BCUT2D eigenvalue weighted by molar-refractivity contribution is 0.0926. The number of nitrogens with one attached hydrogen (secondary N) is 1. The summed E-state index contributed by atoms with van der Waals surface area (Å²) in [6.07, 6.45) is 8.75. The first-order valence-corrected chi connectivity index (χ1v) is 7.33. The molecule has 1 fully saturated rings. The van der Waals surface area contributed by atoms with Gasteiger partial charge in [0.05, 0.1) is 12.1 Å². The number of unbranched alkanes of at least 4 members (excludes halogenated alkanes) is 1. The lowest BCUT2D eigenvalue weighted by Crippen LogP contribution is -2.37. The minimum atomic E-state index is -0.0307. The minimum absolute atomic E-state index is 0. The lowest BCUT2D eigenvalue weighted by atomic mass is 9.96. The van der Waals surface area contributed by atoms with E-state index in [-0.39, 0.29) is 18.3 Å². The van der Waals surface area contributed by atoms with E-state index in [1.165, 1.54) is 38.4 Å². The molecule has 2 atom stereocenters. The summed E-state index contributed by atoms with van der Waals surface area (Å²) < 4.78 is 5.21. The van der Waals surface area contributed by atoms with Crippen molar-refractivity contribution in [1.82, 2.24) is 5.32 Å². The van der Waals surface area contributed by atoms with E-state index in [0.717, 1.165) is 6.42 Å². The molecule has 5 heteroatoms. The molecular formula is C15H25ClN2O2. The van der Waals surface area contributed by atoms with Crippen molar-refractivity contribution in [2.45, 2.75) is 58.0 Å². The minimum Gasteiger partial charge on any atom is -0.467 e. The van der Waals surface area contributed by atoms with E-state index in [9.17, 15) is 4.79 Å². The average Bonchev–Trinajstić information content (AvgIpc) is 3.05. The predicted octanol–water partition coefficient (Wildman–Crippen LogP) is 3.25. The molecule has 3 N–H and O–H groups in total. The summed E-state index contributed by atoms with van der Waals surface area (Å²) in [5.74, 6) is 1.26. The van der Waals surface area contributed by atoms with Crippen molar-refractivity contribution >= 4 is 18.3 Å². The molecule has 4 nitrogen and oxygen atoms in total. The molecule has 0 bridgehead atoms. The van der Waals surface area contributed by atoms with Crippen LogP contribution in [0, 0.1) is 5.92 Å². The highest BCUT2D eigenvalue weighted by atomic mass is 35.5. The summed E-state index contributed by atoms with van der Waals surface area (Å²) in [5, 5.41) is 3.15. The highest BCUT2D eigenvalue weighted by molar-refractivity contribution is 5.94. The Morgan fingerprint density at radius 2 is 2.30 bits per heavy atom. The van der Waals surface area contributed by atoms with Crippen LogP contribution in [0.5, 0.6) is 0 Å². The smallest absolute Gasteiger partial charge is 0.254 e. The second kappa shape index (κ2) is 8.32. The number of carbonyl (C=O) groups is 1. The fourth-order valence-corrected chi connectivity index (χ4v) is 2.90. The standard InChI is InChI=1S/C15H24N2O2.ClH/c1-2-3-5-11-6-4-7-14(11)17-15(18)12-8-13(9-16)19-10-12;/h8,10-11,14H,2-7,9,16H2,1H3,(H,17,18);1H. The van der Waals surface area contributed by atoms with Gasteiger partial charge in [0, 0.05) is 6.04 Å². The molecule has 0 saturated heterocycles. The van der Waals surface area contributed by atoms with Gasteiger partial charge in [-0.2, -0.15) is 0 Å². The van der Waals surface area contributed by atoms with Gasteiger partial charge in [0.25, 0.3) is 5.91 Å². The van der Waals surface area contributed by atoms with E-state index < -0.39 is 0 Å². The number of furan rings is 1. The lowest BCUT2D eigenvalue weighted by Gasteiger charge is -2.20. The van der Waals surface area contributed by atoms with E-state index in [1.54, 1.807) is 6.07 Å². The molecule has 0 aromatic carbocycles. The van der Waals surface area contributed by atoms with Gasteiger partial charge in [-0.25, -0.2) is 0 Å². The van der Waals surface area contributed by atoms with Crippen LogP contribution >= 0.6 is 12.4 Å². The highest BCUT2D eigenvalue weighted by Crippen LogP contribution is 2.30. The molecule has 2 rings (SSSR count). The molecule has 1 aliphatic carbocycles. The Labute approximate surface area is 126 Å². The van der Waals surface area contributed by atoms with Gasteiger partial charge in [-0.3, -0.25) is 4.79 Å². The second-order valence-electron chi connectivity index (χ2n) is 5.42. The molecule has 1 amide bonds. The van der Waals surface area contributed by atoms with Crippen molar-refractivity contribution in [3.05, 3.63) is 23.7 Å². The number of rotatable bonds is 6. The second-order valence-corrected chi connectivity index (χ2v) is 5.42. The molecule has 1 aliphatic rings. The van der Waals surface area contributed by atoms with Crippen LogP contribution in [0.25, 0.3) is 0 Å². The third-order valence-electron chi connectivity index (χ3n) is 4.02. The monoisotopic (exact) mass is 300 g/mol. The Morgan fingerprint density at radius 1 is 1.50 bits per heavy atom. The van der Waals surface area contributed by atoms with Gasteiger partial charge in [0.2, 0.25) is 0 Å².